The van der Waals surface area contributed by atoms with E-state index in [1.165, 1.54) is 10.9 Å². The first-order valence-corrected chi connectivity index (χ1v) is 8.20. The Morgan fingerprint density at radius 3 is 2.73 bits per heavy atom. The number of nitrogens with zero attached hydrogens (tertiary/aromatic N) is 2. The molecule has 7 nitrogen and oxygen atoms in total. The first-order chi connectivity index (χ1) is 12.6. The maximum absolute atomic E-state index is 12.8. The highest BCUT2D eigenvalue weighted by atomic mass is 16.6. The van der Waals surface area contributed by atoms with Crippen molar-refractivity contribution in [2.75, 3.05) is 5.32 Å². The molecule has 2 aliphatic rings. The fraction of sp³-hybridized carbons (Fsp3) is 0.158. The van der Waals surface area contributed by atoms with Crippen LogP contribution in [0, 0.1) is 0 Å². The van der Waals surface area contributed by atoms with E-state index in [1.807, 2.05) is 0 Å². The third kappa shape index (κ3) is 1.82. The van der Waals surface area contributed by atoms with Crippen LogP contribution in [0.1, 0.15) is 18.0 Å². The van der Waals surface area contributed by atoms with Crippen LogP contribution in [0.15, 0.2) is 59.7 Å². The molecule has 26 heavy (non-hydrogen) atoms. The van der Waals surface area contributed by atoms with Crippen molar-refractivity contribution in [3.63, 3.8) is 0 Å². The molecule has 3 heterocycles. The summed E-state index contributed by atoms with van der Waals surface area (Å²) < 4.78 is 6.80. The Morgan fingerprint density at radius 2 is 1.85 bits per heavy atom. The van der Waals surface area contributed by atoms with Gasteiger partial charge >= 0.3 is 5.97 Å². The second-order valence-electron chi connectivity index (χ2n) is 6.44. The Kier molecular flexibility index (Phi) is 2.86. The number of esters is 1. The van der Waals surface area contributed by atoms with Gasteiger partial charge in [-0.1, -0.05) is 30.3 Å². The zero-order chi connectivity index (χ0) is 17.9. The number of carbonyl (C=O) groups excluding carboxylic acids is 2. The molecule has 1 aromatic heterocycles. The fourth-order valence-corrected chi connectivity index (χ4v) is 3.75. The molecule has 128 valence electrons. The maximum Gasteiger partial charge on any atom is 0.330 e. The summed E-state index contributed by atoms with van der Waals surface area (Å²) in [6.07, 6.45) is 1.39. The van der Waals surface area contributed by atoms with Crippen LogP contribution >= 0.6 is 0 Å². The average Bonchev–Trinajstić information content (AvgIpc) is 3.14. The molecule has 2 aromatic carbocycles. The third-order valence-electron chi connectivity index (χ3n) is 5.03. The number of aromatic nitrogens is 2. The number of ether oxygens (including phenoxy) is 1. The Morgan fingerprint density at radius 1 is 1.08 bits per heavy atom. The lowest BCUT2D eigenvalue weighted by atomic mass is 9.90. The predicted octanol–water partition coefficient (Wildman–Crippen LogP) is 1.73. The summed E-state index contributed by atoms with van der Waals surface area (Å²) in [6.45, 7) is 0. The number of fused-ring (bicyclic) bond motifs is 3. The number of amides is 1. The Hall–Kier alpha value is -3.48. The van der Waals surface area contributed by atoms with Gasteiger partial charge in [0.15, 0.2) is 0 Å². The third-order valence-corrected chi connectivity index (χ3v) is 5.03. The topological polar surface area (TPSA) is 90.3 Å². The summed E-state index contributed by atoms with van der Waals surface area (Å²) in [4.78, 5) is 42.2. The molecule has 0 bridgehead atoms. The number of anilines is 1. The van der Waals surface area contributed by atoms with E-state index in [1.54, 1.807) is 48.5 Å². The van der Waals surface area contributed by atoms with Gasteiger partial charge in [-0.2, -0.15) is 0 Å². The molecule has 1 N–H and O–H groups in total. The number of hydrogen-bond acceptors (Lipinski definition) is 5. The van der Waals surface area contributed by atoms with Gasteiger partial charge in [0.25, 0.3) is 11.5 Å². The number of hydrogen-bond donors (Lipinski definition) is 1. The SMILES string of the molecule is O=C1O[C@@]2(C[C@@H]1n1cnc3ccccc3c1=O)C(=O)Nc1ccccc12. The summed E-state index contributed by atoms with van der Waals surface area (Å²) in [5.74, 6) is -1.01. The van der Waals surface area contributed by atoms with Crippen LogP contribution in [0.5, 0.6) is 0 Å². The van der Waals surface area contributed by atoms with Crippen molar-refractivity contribution in [3.8, 4) is 0 Å². The molecule has 5 rings (SSSR count). The van der Waals surface area contributed by atoms with E-state index in [9.17, 15) is 14.4 Å². The summed E-state index contributed by atoms with van der Waals surface area (Å²) >= 11 is 0. The molecular weight excluding hydrogens is 334 g/mol. The first kappa shape index (κ1) is 14.8. The Labute approximate surface area is 147 Å². The highest BCUT2D eigenvalue weighted by molar-refractivity contribution is 6.07. The molecule has 0 aliphatic carbocycles. The van der Waals surface area contributed by atoms with Crippen LogP contribution in [0.25, 0.3) is 10.9 Å². The van der Waals surface area contributed by atoms with Gasteiger partial charge in [0.05, 0.1) is 17.2 Å². The van der Waals surface area contributed by atoms with E-state index in [2.05, 4.69) is 10.3 Å². The van der Waals surface area contributed by atoms with Gasteiger partial charge in [0.1, 0.15) is 6.04 Å². The highest BCUT2D eigenvalue weighted by Gasteiger charge is 2.58. The second kappa shape index (κ2) is 5.01. The lowest BCUT2D eigenvalue weighted by molar-refractivity contribution is -0.157. The van der Waals surface area contributed by atoms with Crippen LogP contribution in [0.4, 0.5) is 5.69 Å². The molecule has 0 unspecified atom stereocenters. The quantitative estimate of drug-likeness (QED) is 0.677. The zero-order valence-electron chi connectivity index (χ0n) is 13.5. The average molecular weight is 347 g/mol. The minimum atomic E-state index is -1.40. The number of carbonyl (C=O) groups is 2. The van der Waals surface area contributed by atoms with Gasteiger partial charge in [-0.25, -0.2) is 9.78 Å². The minimum absolute atomic E-state index is 0.0502. The highest BCUT2D eigenvalue weighted by Crippen LogP contribution is 2.48. The van der Waals surface area contributed by atoms with E-state index in [0.29, 0.717) is 22.2 Å². The van der Waals surface area contributed by atoms with Crippen LogP contribution in [-0.4, -0.2) is 21.4 Å². The van der Waals surface area contributed by atoms with Gasteiger partial charge in [-0.05, 0) is 18.2 Å². The summed E-state index contributed by atoms with van der Waals surface area (Å²) in [5.41, 5.74) is 0.0568. The van der Waals surface area contributed by atoms with Gasteiger partial charge in [0, 0.05) is 17.7 Å². The summed E-state index contributed by atoms with van der Waals surface area (Å²) in [5, 5.41) is 3.16. The van der Waals surface area contributed by atoms with E-state index in [-0.39, 0.29) is 12.0 Å². The van der Waals surface area contributed by atoms with Crippen molar-refractivity contribution in [1.82, 2.24) is 9.55 Å². The lowest BCUT2D eigenvalue weighted by Crippen LogP contribution is -2.34. The van der Waals surface area contributed by atoms with Crippen molar-refractivity contribution < 1.29 is 14.3 Å². The van der Waals surface area contributed by atoms with E-state index >= 15 is 0 Å². The van der Waals surface area contributed by atoms with Crippen LogP contribution < -0.4 is 10.9 Å². The molecule has 1 amide bonds. The summed E-state index contributed by atoms with van der Waals surface area (Å²) in [6, 6.07) is 13.1. The van der Waals surface area contributed by atoms with Gasteiger partial charge in [-0.15, -0.1) is 0 Å². The van der Waals surface area contributed by atoms with Crippen molar-refractivity contribution >= 4 is 28.5 Å². The van der Waals surface area contributed by atoms with Crippen molar-refractivity contribution in [2.45, 2.75) is 18.1 Å². The van der Waals surface area contributed by atoms with Crippen LogP contribution in [-0.2, 0) is 19.9 Å². The number of benzene rings is 2. The molecular formula is C19H13N3O4. The zero-order valence-corrected chi connectivity index (χ0v) is 13.5. The standard InChI is InChI=1S/C19H13N3O4/c23-16-11-5-1-3-7-13(11)20-10-22(16)15-9-19(26-17(15)24)12-6-2-4-8-14(12)21-18(19)25/h1-8,10,15H,9H2,(H,21,25)/t15-,19+/m0/s1. The van der Waals surface area contributed by atoms with Gasteiger partial charge in [-0.3, -0.25) is 14.2 Å². The smallest absolute Gasteiger partial charge is 0.330 e. The normalized spacial score (nSPS) is 23.9. The molecule has 0 radical (unpaired) electrons. The molecule has 1 fully saturated rings. The van der Waals surface area contributed by atoms with Crippen molar-refractivity contribution in [2.24, 2.45) is 0 Å². The Balaban J connectivity index is 1.63. The largest absolute Gasteiger partial charge is 0.442 e. The fourth-order valence-electron chi connectivity index (χ4n) is 3.75. The molecule has 1 saturated heterocycles. The summed E-state index contributed by atoms with van der Waals surface area (Å²) in [7, 11) is 0. The molecule has 2 atom stereocenters. The lowest BCUT2D eigenvalue weighted by Gasteiger charge is -2.19. The van der Waals surface area contributed by atoms with Gasteiger partial charge < -0.3 is 10.1 Å². The van der Waals surface area contributed by atoms with E-state index in [0.717, 1.165) is 0 Å². The van der Waals surface area contributed by atoms with Crippen LogP contribution in [0.2, 0.25) is 0 Å². The molecule has 1 spiro atoms. The predicted molar refractivity (Wildman–Crippen MR) is 92.5 cm³/mol. The number of nitrogens with one attached hydrogen (secondary N) is 1. The number of para-hydroxylation sites is 2. The second-order valence-corrected chi connectivity index (χ2v) is 6.44. The van der Waals surface area contributed by atoms with E-state index in [4.69, 9.17) is 4.74 Å². The van der Waals surface area contributed by atoms with E-state index < -0.39 is 23.5 Å². The molecule has 7 heteroatoms. The molecule has 0 saturated carbocycles. The Bertz CT molecular complexity index is 1150. The molecule has 2 aliphatic heterocycles. The minimum Gasteiger partial charge on any atom is -0.442 e. The monoisotopic (exact) mass is 347 g/mol. The first-order valence-electron chi connectivity index (χ1n) is 8.20. The maximum atomic E-state index is 12.8. The van der Waals surface area contributed by atoms with Crippen molar-refractivity contribution in [3.05, 3.63) is 70.8 Å². The number of rotatable bonds is 1. The molecule has 3 aromatic rings. The van der Waals surface area contributed by atoms with Crippen molar-refractivity contribution in [1.29, 1.82) is 0 Å². The van der Waals surface area contributed by atoms with Gasteiger partial charge in [0.2, 0.25) is 5.60 Å². The van der Waals surface area contributed by atoms with Crippen LogP contribution in [0.3, 0.4) is 0 Å².